The molecule has 0 spiro atoms. The molecule has 0 fully saturated rings. The largest absolute Gasteiger partial charge is 0.339 e. The molecule has 1 aromatic carbocycles. The second-order valence-corrected chi connectivity index (χ2v) is 9.06. The quantitative estimate of drug-likeness (QED) is 0.778. The van der Waals surface area contributed by atoms with Gasteiger partial charge in [-0.2, -0.15) is 0 Å². The molecule has 0 unspecified atom stereocenters. The maximum atomic E-state index is 12.5. The highest BCUT2D eigenvalue weighted by atomic mass is 79.9. The van der Waals surface area contributed by atoms with E-state index in [1.807, 2.05) is 13.8 Å². The second kappa shape index (κ2) is 7.46. The van der Waals surface area contributed by atoms with Crippen LogP contribution in [0.3, 0.4) is 0 Å². The molecule has 1 aromatic heterocycles. The van der Waals surface area contributed by atoms with Gasteiger partial charge in [-0.15, -0.1) is 11.3 Å². The molecule has 1 amide bonds. The molecule has 1 heterocycles. The fraction of sp³-hybridized carbons (Fsp3) is 0.267. The zero-order valence-corrected chi connectivity index (χ0v) is 16.0. The topological polar surface area (TPSA) is 66.5 Å². The van der Waals surface area contributed by atoms with Crippen molar-refractivity contribution in [3.8, 4) is 0 Å². The van der Waals surface area contributed by atoms with Crippen LogP contribution < -0.4 is 4.72 Å². The molecule has 8 heteroatoms. The van der Waals surface area contributed by atoms with Crippen LogP contribution in [0.4, 0.5) is 5.69 Å². The highest BCUT2D eigenvalue weighted by Crippen LogP contribution is 2.28. The van der Waals surface area contributed by atoms with Crippen molar-refractivity contribution in [3.63, 3.8) is 0 Å². The molecule has 0 atom stereocenters. The number of benzene rings is 1. The summed E-state index contributed by atoms with van der Waals surface area (Å²) >= 11 is 4.37. The lowest BCUT2D eigenvalue weighted by atomic mass is 10.1. The maximum absolute atomic E-state index is 12.5. The van der Waals surface area contributed by atoms with E-state index < -0.39 is 10.0 Å². The number of anilines is 1. The number of hydrogen-bond acceptors (Lipinski definition) is 4. The lowest BCUT2D eigenvalue weighted by Crippen LogP contribution is -2.31. The fourth-order valence-corrected chi connectivity index (χ4v) is 5.17. The minimum Gasteiger partial charge on any atom is -0.339 e. The van der Waals surface area contributed by atoms with E-state index in [1.165, 1.54) is 6.07 Å². The number of nitrogens with one attached hydrogen (secondary N) is 1. The fourth-order valence-electron chi connectivity index (χ4n) is 2.08. The molecule has 5 nitrogen and oxygen atoms in total. The summed E-state index contributed by atoms with van der Waals surface area (Å²) in [5.74, 6) is -0.194. The van der Waals surface area contributed by atoms with E-state index in [4.69, 9.17) is 0 Å². The summed E-state index contributed by atoms with van der Waals surface area (Å²) in [7, 11) is -3.72. The number of hydrogen-bond donors (Lipinski definition) is 1. The Bertz CT molecular complexity index is 799. The summed E-state index contributed by atoms with van der Waals surface area (Å²) < 4.78 is 28.3. The molecular formula is C15H17BrN2O3S2. The third-order valence-electron chi connectivity index (χ3n) is 3.27. The molecule has 2 rings (SSSR count). The average Bonchev–Trinajstić information content (AvgIpc) is 2.96. The van der Waals surface area contributed by atoms with Crippen molar-refractivity contribution < 1.29 is 13.2 Å². The summed E-state index contributed by atoms with van der Waals surface area (Å²) in [5, 5.41) is 0. The van der Waals surface area contributed by atoms with Crippen LogP contribution in [0, 0.1) is 0 Å². The van der Waals surface area contributed by atoms with Gasteiger partial charge in [-0.1, -0.05) is 12.1 Å². The van der Waals surface area contributed by atoms with Crippen molar-refractivity contribution in [2.75, 3.05) is 17.8 Å². The summed E-state index contributed by atoms with van der Waals surface area (Å²) in [6.45, 7) is 4.90. The Labute approximate surface area is 148 Å². The summed E-state index contributed by atoms with van der Waals surface area (Å²) in [6.07, 6.45) is 0. The van der Waals surface area contributed by atoms with Gasteiger partial charge < -0.3 is 4.90 Å². The second-order valence-electron chi connectivity index (χ2n) is 4.69. The molecule has 124 valence electrons. The average molecular weight is 417 g/mol. The van der Waals surface area contributed by atoms with Crippen molar-refractivity contribution >= 4 is 48.9 Å². The van der Waals surface area contributed by atoms with Crippen LogP contribution in [0.25, 0.3) is 0 Å². The number of halogens is 1. The Morgan fingerprint density at radius 1 is 1.17 bits per heavy atom. The molecule has 23 heavy (non-hydrogen) atoms. The third kappa shape index (κ3) is 4.13. The predicted octanol–water partition coefficient (Wildman–Crippen LogP) is 3.79. The van der Waals surface area contributed by atoms with Crippen LogP contribution >= 0.6 is 27.3 Å². The summed E-state index contributed by atoms with van der Waals surface area (Å²) in [4.78, 5) is 14.2. The Morgan fingerprint density at radius 3 is 2.39 bits per heavy atom. The van der Waals surface area contributed by atoms with Gasteiger partial charge in [0.2, 0.25) is 0 Å². The number of carbonyl (C=O) groups is 1. The van der Waals surface area contributed by atoms with Gasteiger partial charge in [0.15, 0.2) is 0 Å². The van der Waals surface area contributed by atoms with Gasteiger partial charge in [0, 0.05) is 13.1 Å². The number of thiophene rings is 1. The minimum absolute atomic E-state index is 0.189. The standard InChI is InChI=1S/C15H17BrN2O3S2/c1-3-18(4-2)15(19)11-7-5-6-8-12(11)17-23(20,21)14-10-9-13(16)22-14/h5-10,17H,3-4H2,1-2H3. The maximum Gasteiger partial charge on any atom is 0.271 e. The zero-order chi connectivity index (χ0) is 17.0. The van der Waals surface area contributed by atoms with Gasteiger partial charge in [-0.3, -0.25) is 9.52 Å². The minimum atomic E-state index is -3.72. The Hall–Kier alpha value is -1.38. The lowest BCUT2D eigenvalue weighted by molar-refractivity contribution is 0.0774. The van der Waals surface area contributed by atoms with Gasteiger partial charge in [0.05, 0.1) is 15.0 Å². The van der Waals surface area contributed by atoms with Crippen LogP contribution in [-0.2, 0) is 10.0 Å². The van der Waals surface area contributed by atoms with Crippen molar-refractivity contribution in [3.05, 3.63) is 45.7 Å². The monoisotopic (exact) mass is 416 g/mol. The molecule has 0 aliphatic rings. The Balaban J connectivity index is 2.36. The summed E-state index contributed by atoms with van der Waals surface area (Å²) in [6, 6.07) is 9.83. The number of nitrogens with zero attached hydrogens (tertiary/aromatic N) is 1. The molecule has 0 saturated heterocycles. The van der Waals surface area contributed by atoms with E-state index in [0.29, 0.717) is 18.7 Å². The van der Waals surface area contributed by atoms with Crippen molar-refractivity contribution in [1.29, 1.82) is 0 Å². The van der Waals surface area contributed by atoms with Crippen LogP contribution in [0.15, 0.2) is 44.4 Å². The molecule has 0 aliphatic carbocycles. The smallest absolute Gasteiger partial charge is 0.271 e. The molecular weight excluding hydrogens is 400 g/mol. The van der Waals surface area contributed by atoms with Crippen molar-refractivity contribution in [1.82, 2.24) is 4.90 Å². The first-order chi connectivity index (χ1) is 10.9. The Kier molecular flexibility index (Phi) is 5.83. The van der Waals surface area contributed by atoms with Gasteiger partial charge in [0.25, 0.3) is 15.9 Å². The van der Waals surface area contributed by atoms with Crippen molar-refractivity contribution in [2.45, 2.75) is 18.1 Å². The zero-order valence-electron chi connectivity index (χ0n) is 12.7. The third-order valence-corrected chi connectivity index (χ3v) is 6.75. The van der Waals surface area contributed by atoms with Gasteiger partial charge in [-0.05, 0) is 54.0 Å². The molecule has 0 aliphatic heterocycles. The molecule has 0 saturated carbocycles. The number of para-hydroxylation sites is 1. The van der Waals surface area contributed by atoms with Crippen LogP contribution in [0.2, 0.25) is 0 Å². The highest BCUT2D eigenvalue weighted by Gasteiger charge is 2.21. The van der Waals surface area contributed by atoms with Gasteiger partial charge in [0.1, 0.15) is 4.21 Å². The Morgan fingerprint density at radius 2 is 1.83 bits per heavy atom. The van der Waals surface area contributed by atoms with Gasteiger partial charge >= 0.3 is 0 Å². The van der Waals surface area contributed by atoms with E-state index in [1.54, 1.807) is 35.2 Å². The first-order valence-corrected chi connectivity index (χ1v) is 10.1. The van der Waals surface area contributed by atoms with E-state index in [9.17, 15) is 13.2 Å². The molecule has 2 aromatic rings. The van der Waals surface area contributed by atoms with E-state index in [2.05, 4.69) is 20.7 Å². The molecule has 0 radical (unpaired) electrons. The number of sulfonamides is 1. The van der Waals surface area contributed by atoms with Gasteiger partial charge in [-0.25, -0.2) is 8.42 Å². The normalized spacial score (nSPS) is 11.3. The van der Waals surface area contributed by atoms with E-state index in [-0.39, 0.29) is 15.8 Å². The van der Waals surface area contributed by atoms with E-state index in [0.717, 1.165) is 15.1 Å². The highest BCUT2D eigenvalue weighted by molar-refractivity contribution is 9.11. The van der Waals surface area contributed by atoms with Crippen LogP contribution in [-0.4, -0.2) is 32.3 Å². The lowest BCUT2D eigenvalue weighted by Gasteiger charge is -2.20. The van der Waals surface area contributed by atoms with Crippen LogP contribution in [0.5, 0.6) is 0 Å². The SMILES string of the molecule is CCN(CC)C(=O)c1ccccc1NS(=O)(=O)c1ccc(Br)s1. The van der Waals surface area contributed by atoms with E-state index >= 15 is 0 Å². The summed E-state index contributed by atoms with van der Waals surface area (Å²) in [5.41, 5.74) is 0.629. The first kappa shape index (κ1) is 18.0. The number of amides is 1. The molecule has 1 N–H and O–H groups in total. The van der Waals surface area contributed by atoms with Crippen LogP contribution in [0.1, 0.15) is 24.2 Å². The number of carbonyl (C=O) groups excluding carboxylic acids is 1. The first-order valence-electron chi connectivity index (χ1n) is 7.05. The molecule has 0 bridgehead atoms. The van der Waals surface area contributed by atoms with Crippen molar-refractivity contribution in [2.24, 2.45) is 0 Å². The number of rotatable bonds is 6. The predicted molar refractivity (Wildman–Crippen MR) is 96.5 cm³/mol.